The molecular weight excluding hydrogens is 336 g/mol. The molecule has 0 aliphatic rings. The summed E-state index contributed by atoms with van der Waals surface area (Å²) in [5.74, 6) is 0.226. The average molecular weight is 362 g/mol. The number of methoxy groups -OCH3 is 1. The number of benzene rings is 2. The van der Waals surface area contributed by atoms with Crippen molar-refractivity contribution in [1.82, 2.24) is 0 Å². The smallest absolute Gasteiger partial charge is 0.186 e. The number of hydrogen-bond acceptors (Lipinski definition) is 6. The van der Waals surface area contributed by atoms with E-state index >= 15 is 0 Å². The molecule has 0 aliphatic heterocycles. The van der Waals surface area contributed by atoms with E-state index in [-0.39, 0.29) is 11.3 Å². The topological polar surface area (TPSA) is 88.4 Å². The van der Waals surface area contributed by atoms with Crippen molar-refractivity contribution < 1.29 is 29.5 Å². The molecule has 0 amide bonds. The van der Waals surface area contributed by atoms with Gasteiger partial charge in [-0.15, -0.1) is 0 Å². The summed E-state index contributed by atoms with van der Waals surface area (Å²) in [7, 11) is 1.48. The van der Waals surface area contributed by atoms with Crippen molar-refractivity contribution in [2.45, 2.75) is 31.8 Å². The van der Waals surface area contributed by atoms with Crippen LogP contribution < -0.4 is 4.74 Å². The van der Waals surface area contributed by atoms with E-state index < -0.39 is 18.0 Å². The lowest BCUT2D eigenvalue weighted by Gasteiger charge is -2.38. The third-order valence-electron chi connectivity index (χ3n) is 4.18. The number of rotatable bonds is 9. The summed E-state index contributed by atoms with van der Waals surface area (Å²) in [6.45, 7) is 4.12. The molecule has 2 aromatic carbocycles. The third kappa shape index (κ3) is 3.99. The van der Waals surface area contributed by atoms with Crippen molar-refractivity contribution in [2.24, 2.45) is 0 Å². The lowest BCUT2D eigenvalue weighted by Crippen LogP contribution is -2.49. The van der Waals surface area contributed by atoms with E-state index in [0.717, 1.165) is 0 Å². The van der Waals surface area contributed by atoms with E-state index in [2.05, 4.69) is 0 Å². The molecule has 6 nitrogen and oxygen atoms in total. The van der Waals surface area contributed by atoms with Gasteiger partial charge < -0.3 is 29.5 Å². The van der Waals surface area contributed by atoms with Crippen molar-refractivity contribution in [1.29, 1.82) is 0 Å². The zero-order valence-corrected chi connectivity index (χ0v) is 15.3. The predicted octanol–water partition coefficient (Wildman–Crippen LogP) is 2.40. The molecule has 0 unspecified atom stereocenters. The molecule has 2 rings (SSSR count). The van der Waals surface area contributed by atoms with Gasteiger partial charge in [-0.25, -0.2) is 0 Å². The number of aromatic hydroxyl groups is 1. The Morgan fingerprint density at radius 1 is 1.00 bits per heavy atom. The molecule has 0 saturated heterocycles. The third-order valence-corrected chi connectivity index (χ3v) is 4.18. The molecule has 0 bridgehead atoms. The van der Waals surface area contributed by atoms with Gasteiger partial charge in [0.2, 0.25) is 0 Å². The van der Waals surface area contributed by atoms with Crippen LogP contribution in [-0.4, -0.2) is 48.0 Å². The van der Waals surface area contributed by atoms with Gasteiger partial charge in [0.05, 0.1) is 7.11 Å². The highest BCUT2D eigenvalue weighted by molar-refractivity contribution is 5.48. The van der Waals surface area contributed by atoms with Crippen molar-refractivity contribution in [3.63, 3.8) is 0 Å². The van der Waals surface area contributed by atoms with Gasteiger partial charge in [0.15, 0.2) is 6.29 Å². The maximum absolute atomic E-state index is 11.6. The van der Waals surface area contributed by atoms with Crippen molar-refractivity contribution in [3.8, 4) is 11.5 Å². The second kappa shape index (κ2) is 9.00. The highest BCUT2D eigenvalue weighted by Crippen LogP contribution is 2.41. The van der Waals surface area contributed by atoms with Crippen LogP contribution in [0.2, 0.25) is 0 Å². The van der Waals surface area contributed by atoms with Gasteiger partial charge in [-0.2, -0.15) is 0 Å². The van der Waals surface area contributed by atoms with E-state index in [1.165, 1.54) is 19.2 Å². The lowest BCUT2D eigenvalue weighted by atomic mass is 9.80. The second-order valence-electron chi connectivity index (χ2n) is 5.74. The van der Waals surface area contributed by atoms with E-state index in [1.54, 1.807) is 50.2 Å². The number of aliphatic hydroxyl groups excluding tert-OH is 1. The van der Waals surface area contributed by atoms with Crippen LogP contribution >= 0.6 is 0 Å². The molecule has 0 spiro atoms. The minimum atomic E-state index is -1.95. The Balaban J connectivity index is 2.60. The standard InChI is InChI=1S/C20H26O6/c1-4-25-19(26-5-2)18(22)20(23,14-9-7-6-8-10-14)16-12-11-15(24-3)13-17(16)21/h6-13,18-19,21-23H,4-5H2,1-3H3/t18-,20+/m0/s1. The highest BCUT2D eigenvalue weighted by Gasteiger charge is 2.46. The van der Waals surface area contributed by atoms with E-state index in [9.17, 15) is 15.3 Å². The molecule has 0 fully saturated rings. The summed E-state index contributed by atoms with van der Waals surface area (Å²) >= 11 is 0. The van der Waals surface area contributed by atoms with Crippen LogP contribution in [0.25, 0.3) is 0 Å². The second-order valence-corrected chi connectivity index (χ2v) is 5.74. The Hall–Kier alpha value is -2.12. The van der Waals surface area contributed by atoms with Crippen molar-refractivity contribution in [3.05, 3.63) is 59.7 Å². The summed E-state index contributed by atoms with van der Waals surface area (Å²) < 4.78 is 16.1. The Bertz CT molecular complexity index is 684. The largest absolute Gasteiger partial charge is 0.507 e. The first-order valence-electron chi connectivity index (χ1n) is 8.55. The summed E-state index contributed by atoms with van der Waals surface area (Å²) in [5.41, 5.74) is -1.43. The molecule has 0 heterocycles. The zero-order chi connectivity index (χ0) is 19.2. The fourth-order valence-corrected chi connectivity index (χ4v) is 2.89. The van der Waals surface area contributed by atoms with Crippen LogP contribution in [0.3, 0.4) is 0 Å². The fourth-order valence-electron chi connectivity index (χ4n) is 2.89. The van der Waals surface area contributed by atoms with Gasteiger partial charge in [-0.1, -0.05) is 30.3 Å². The number of aliphatic hydroxyl groups is 2. The molecular formula is C20H26O6. The minimum absolute atomic E-state index is 0.126. The van der Waals surface area contributed by atoms with Crippen molar-refractivity contribution >= 4 is 0 Å². The van der Waals surface area contributed by atoms with E-state index in [4.69, 9.17) is 14.2 Å². The molecule has 3 N–H and O–H groups in total. The summed E-state index contributed by atoms with van der Waals surface area (Å²) in [6.07, 6.45) is -2.55. The zero-order valence-electron chi connectivity index (χ0n) is 15.3. The molecule has 0 radical (unpaired) electrons. The first kappa shape index (κ1) is 20.2. The van der Waals surface area contributed by atoms with Crippen LogP contribution in [-0.2, 0) is 15.1 Å². The Labute approximate surface area is 153 Å². The predicted molar refractivity (Wildman–Crippen MR) is 97.1 cm³/mol. The molecule has 0 aromatic heterocycles. The van der Waals surface area contributed by atoms with Crippen LogP contribution in [0.4, 0.5) is 0 Å². The SMILES string of the molecule is CCOC(OCC)[C@H](O)[C@@](O)(c1ccccc1)c1ccc(OC)cc1O. The monoisotopic (exact) mass is 362 g/mol. The average Bonchev–Trinajstić information content (AvgIpc) is 2.67. The van der Waals surface area contributed by atoms with Gasteiger partial charge in [0.1, 0.15) is 23.2 Å². The van der Waals surface area contributed by atoms with Crippen LogP contribution in [0.1, 0.15) is 25.0 Å². The number of ether oxygens (including phenoxy) is 3. The lowest BCUT2D eigenvalue weighted by molar-refractivity contribution is -0.230. The van der Waals surface area contributed by atoms with E-state index in [0.29, 0.717) is 24.5 Å². The fraction of sp³-hybridized carbons (Fsp3) is 0.400. The minimum Gasteiger partial charge on any atom is -0.507 e. The van der Waals surface area contributed by atoms with E-state index in [1.807, 2.05) is 0 Å². The molecule has 0 saturated carbocycles. The molecule has 26 heavy (non-hydrogen) atoms. The number of phenolic OH excluding ortho intramolecular Hbond substituents is 1. The summed E-state index contributed by atoms with van der Waals surface area (Å²) in [6, 6.07) is 13.1. The maximum atomic E-state index is 11.6. The van der Waals surface area contributed by atoms with Gasteiger partial charge in [0, 0.05) is 24.8 Å². The first-order chi connectivity index (χ1) is 12.5. The Kier molecular flexibility index (Phi) is 6.99. The molecule has 0 aliphatic carbocycles. The van der Waals surface area contributed by atoms with Crippen molar-refractivity contribution in [2.75, 3.05) is 20.3 Å². The molecule has 2 aromatic rings. The van der Waals surface area contributed by atoms with Gasteiger partial charge in [-0.05, 0) is 31.5 Å². The summed E-state index contributed by atoms with van der Waals surface area (Å²) in [4.78, 5) is 0. The Morgan fingerprint density at radius 2 is 1.62 bits per heavy atom. The van der Waals surface area contributed by atoms with Gasteiger partial charge in [0.25, 0.3) is 0 Å². The first-order valence-corrected chi connectivity index (χ1v) is 8.55. The quantitative estimate of drug-likeness (QED) is 0.594. The maximum Gasteiger partial charge on any atom is 0.186 e. The highest BCUT2D eigenvalue weighted by atomic mass is 16.7. The van der Waals surface area contributed by atoms with Crippen LogP contribution in [0.15, 0.2) is 48.5 Å². The molecule has 2 atom stereocenters. The Morgan fingerprint density at radius 3 is 2.12 bits per heavy atom. The summed E-state index contributed by atoms with van der Waals surface area (Å²) in [5, 5.41) is 33.1. The van der Waals surface area contributed by atoms with Crippen LogP contribution in [0.5, 0.6) is 11.5 Å². The van der Waals surface area contributed by atoms with Gasteiger partial charge in [-0.3, -0.25) is 0 Å². The van der Waals surface area contributed by atoms with Crippen LogP contribution in [0, 0.1) is 0 Å². The number of phenols is 1. The molecule has 142 valence electrons. The van der Waals surface area contributed by atoms with Gasteiger partial charge >= 0.3 is 0 Å². The number of hydrogen-bond donors (Lipinski definition) is 3. The molecule has 6 heteroatoms. The normalized spacial score (nSPS) is 14.8.